The minimum absolute atomic E-state index is 0.0202. The summed E-state index contributed by atoms with van der Waals surface area (Å²) in [7, 11) is 1.63. The van der Waals surface area contributed by atoms with Gasteiger partial charge < -0.3 is 15.0 Å². The molecule has 2 aromatic carbocycles. The maximum Gasteiger partial charge on any atom is 0.227 e. The Balaban J connectivity index is 1.33. The number of rotatable bonds is 7. The van der Waals surface area contributed by atoms with Crippen LogP contribution >= 0.6 is 0 Å². The monoisotopic (exact) mass is 418 g/mol. The van der Waals surface area contributed by atoms with Crippen LogP contribution in [0, 0.1) is 5.92 Å². The second-order valence-electron chi connectivity index (χ2n) is 7.59. The first-order valence-corrected chi connectivity index (χ1v) is 10.4. The van der Waals surface area contributed by atoms with Crippen LogP contribution in [-0.4, -0.2) is 35.2 Å². The van der Waals surface area contributed by atoms with Crippen LogP contribution in [0.1, 0.15) is 24.6 Å². The zero-order valence-corrected chi connectivity index (χ0v) is 17.7. The van der Waals surface area contributed by atoms with Gasteiger partial charge in [-0.15, -0.1) is 0 Å². The number of hydrogen-bond acceptors (Lipinski definition) is 4. The van der Waals surface area contributed by atoms with Crippen molar-refractivity contribution in [2.75, 3.05) is 18.6 Å². The van der Waals surface area contributed by atoms with Crippen molar-refractivity contribution < 1.29 is 14.3 Å². The standard InChI is InChI=1S/C24H26N4O3/c1-3-17-4-6-20(7-5-17)27-16-18(14-23(27)29)24(30)25-15-19-12-13-28(26-19)21-8-10-22(31-2)11-9-21/h4-13,18H,3,14-16H2,1-2H3,(H,25,30). The fourth-order valence-corrected chi connectivity index (χ4v) is 3.70. The van der Waals surface area contributed by atoms with Gasteiger partial charge in [0, 0.05) is 24.8 Å². The zero-order chi connectivity index (χ0) is 21.8. The molecule has 0 aliphatic carbocycles. The van der Waals surface area contributed by atoms with E-state index < -0.39 is 0 Å². The topological polar surface area (TPSA) is 76.5 Å². The van der Waals surface area contributed by atoms with Gasteiger partial charge in [-0.2, -0.15) is 5.10 Å². The smallest absolute Gasteiger partial charge is 0.227 e. The van der Waals surface area contributed by atoms with E-state index in [1.807, 2.05) is 60.8 Å². The number of aromatic nitrogens is 2. The molecule has 7 nitrogen and oxygen atoms in total. The second-order valence-corrected chi connectivity index (χ2v) is 7.59. The third-order valence-corrected chi connectivity index (χ3v) is 5.58. The van der Waals surface area contributed by atoms with Gasteiger partial charge in [0.05, 0.1) is 31.0 Å². The summed E-state index contributed by atoms with van der Waals surface area (Å²) in [5.41, 5.74) is 3.72. The zero-order valence-electron chi connectivity index (χ0n) is 17.7. The van der Waals surface area contributed by atoms with E-state index in [4.69, 9.17) is 4.74 Å². The SMILES string of the molecule is CCc1ccc(N2CC(C(=O)NCc3ccn(-c4ccc(OC)cc4)n3)CC2=O)cc1. The van der Waals surface area contributed by atoms with Crippen molar-refractivity contribution in [3.05, 3.63) is 72.1 Å². The molecule has 31 heavy (non-hydrogen) atoms. The van der Waals surface area contributed by atoms with E-state index in [2.05, 4.69) is 17.3 Å². The number of ether oxygens (including phenoxy) is 1. The van der Waals surface area contributed by atoms with Gasteiger partial charge in [-0.3, -0.25) is 9.59 Å². The maximum absolute atomic E-state index is 12.7. The van der Waals surface area contributed by atoms with Crippen LogP contribution < -0.4 is 15.0 Å². The van der Waals surface area contributed by atoms with E-state index in [-0.39, 0.29) is 24.2 Å². The first kappa shape index (κ1) is 20.7. The van der Waals surface area contributed by atoms with Crippen LogP contribution in [0.15, 0.2) is 60.8 Å². The van der Waals surface area contributed by atoms with Crippen molar-refractivity contribution in [2.45, 2.75) is 26.3 Å². The van der Waals surface area contributed by atoms with Crippen LogP contribution in [0.3, 0.4) is 0 Å². The first-order valence-electron chi connectivity index (χ1n) is 10.4. The van der Waals surface area contributed by atoms with E-state index in [9.17, 15) is 9.59 Å². The molecule has 2 amide bonds. The average molecular weight is 418 g/mol. The summed E-state index contributed by atoms with van der Waals surface area (Å²) < 4.78 is 6.92. The predicted molar refractivity (Wildman–Crippen MR) is 118 cm³/mol. The molecule has 0 radical (unpaired) electrons. The van der Waals surface area contributed by atoms with Crippen molar-refractivity contribution in [2.24, 2.45) is 5.92 Å². The van der Waals surface area contributed by atoms with Gasteiger partial charge in [0.1, 0.15) is 5.75 Å². The molecular formula is C24H26N4O3. The Morgan fingerprint density at radius 2 is 1.81 bits per heavy atom. The van der Waals surface area contributed by atoms with Gasteiger partial charge in [-0.1, -0.05) is 19.1 Å². The fraction of sp³-hybridized carbons (Fsp3) is 0.292. The van der Waals surface area contributed by atoms with E-state index in [1.165, 1.54) is 5.56 Å². The molecule has 1 aliphatic rings. The van der Waals surface area contributed by atoms with Gasteiger partial charge in [0.25, 0.3) is 0 Å². The molecule has 1 unspecified atom stereocenters. The van der Waals surface area contributed by atoms with E-state index in [0.29, 0.717) is 13.1 Å². The molecule has 3 aromatic rings. The molecule has 2 heterocycles. The number of anilines is 1. The Kier molecular flexibility index (Phi) is 6.02. The van der Waals surface area contributed by atoms with Crippen LogP contribution in [0.2, 0.25) is 0 Å². The van der Waals surface area contributed by atoms with Crippen molar-refractivity contribution in [1.29, 1.82) is 0 Å². The van der Waals surface area contributed by atoms with Gasteiger partial charge in [0.15, 0.2) is 0 Å². The maximum atomic E-state index is 12.7. The highest BCUT2D eigenvalue weighted by molar-refractivity contribution is 6.00. The van der Waals surface area contributed by atoms with Gasteiger partial charge in [0.2, 0.25) is 11.8 Å². The van der Waals surface area contributed by atoms with Crippen molar-refractivity contribution in [3.63, 3.8) is 0 Å². The normalized spacial score (nSPS) is 15.9. The Morgan fingerprint density at radius 3 is 2.48 bits per heavy atom. The minimum atomic E-state index is -0.359. The lowest BCUT2D eigenvalue weighted by atomic mass is 10.1. The molecule has 7 heteroatoms. The number of carbonyl (C=O) groups is 2. The van der Waals surface area contributed by atoms with E-state index >= 15 is 0 Å². The Morgan fingerprint density at radius 1 is 1.10 bits per heavy atom. The minimum Gasteiger partial charge on any atom is -0.497 e. The summed E-state index contributed by atoms with van der Waals surface area (Å²) in [4.78, 5) is 26.8. The third-order valence-electron chi connectivity index (χ3n) is 5.58. The lowest BCUT2D eigenvalue weighted by Crippen LogP contribution is -2.32. The summed E-state index contributed by atoms with van der Waals surface area (Å²) in [6.07, 6.45) is 3.03. The summed E-state index contributed by atoms with van der Waals surface area (Å²) in [6.45, 7) is 2.81. The number of methoxy groups -OCH3 is 1. The molecule has 4 rings (SSSR count). The molecule has 1 N–H and O–H groups in total. The molecule has 1 aromatic heterocycles. The number of nitrogens with one attached hydrogen (secondary N) is 1. The van der Waals surface area contributed by atoms with Crippen LogP contribution in [0.4, 0.5) is 5.69 Å². The Hall–Kier alpha value is -3.61. The quantitative estimate of drug-likeness (QED) is 0.640. The molecule has 0 spiro atoms. The lowest BCUT2D eigenvalue weighted by Gasteiger charge is -2.17. The predicted octanol–water partition coefficient (Wildman–Crippen LogP) is 3.11. The Labute approximate surface area is 181 Å². The van der Waals surface area contributed by atoms with Gasteiger partial charge in [-0.25, -0.2) is 4.68 Å². The van der Waals surface area contributed by atoms with Crippen molar-refractivity contribution in [1.82, 2.24) is 15.1 Å². The van der Waals surface area contributed by atoms with Crippen molar-refractivity contribution >= 4 is 17.5 Å². The van der Waals surface area contributed by atoms with Gasteiger partial charge in [-0.05, 0) is 54.4 Å². The fourth-order valence-electron chi connectivity index (χ4n) is 3.70. The third kappa shape index (κ3) is 4.60. The van der Waals surface area contributed by atoms with Crippen LogP contribution in [-0.2, 0) is 22.6 Å². The Bertz CT molecular complexity index is 1060. The number of aryl methyl sites for hydroxylation is 1. The van der Waals surface area contributed by atoms with Crippen LogP contribution in [0.25, 0.3) is 5.69 Å². The molecule has 1 aliphatic heterocycles. The largest absolute Gasteiger partial charge is 0.497 e. The number of carbonyl (C=O) groups excluding carboxylic acids is 2. The van der Waals surface area contributed by atoms with Gasteiger partial charge >= 0.3 is 0 Å². The number of nitrogens with zero attached hydrogens (tertiary/aromatic N) is 3. The van der Waals surface area contributed by atoms with E-state index in [1.54, 1.807) is 16.7 Å². The first-order chi connectivity index (χ1) is 15.1. The number of benzene rings is 2. The number of hydrogen-bond donors (Lipinski definition) is 1. The highest BCUT2D eigenvalue weighted by atomic mass is 16.5. The van der Waals surface area contributed by atoms with Crippen LogP contribution in [0.5, 0.6) is 5.75 Å². The highest BCUT2D eigenvalue weighted by Crippen LogP contribution is 2.25. The molecule has 1 saturated heterocycles. The molecule has 0 bridgehead atoms. The number of amides is 2. The molecule has 160 valence electrons. The summed E-state index contributed by atoms with van der Waals surface area (Å²) in [5, 5.41) is 7.43. The summed E-state index contributed by atoms with van der Waals surface area (Å²) in [5.74, 6) is 0.278. The highest BCUT2D eigenvalue weighted by Gasteiger charge is 2.35. The summed E-state index contributed by atoms with van der Waals surface area (Å²) >= 11 is 0. The van der Waals surface area contributed by atoms with Crippen molar-refractivity contribution in [3.8, 4) is 11.4 Å². The molecule has 1 atom stereocenters. The second kappa shape index (κ2) is 9.04. The molecular weight excluding hydrogens is 392 g/mol. The lowest BCUT2D eigenvalue weighted by molar-refractivity contribution is -0.126. The average Bonchev–Trinajstić information content (AvgIpc) is 3.44. The molecule has 1 fully saturated rings. The van der Waals surface area contributed by atoms with E-state index in [0.717, 1.165) is 29.2 Å². The molecule has 0 saturated carbocycles. The summed E-state index contributed by atoms with van der Waals surface area (Å²) in [6, 6.07) is 17.4.